The number of unbranched alkanes of at least 4 members (excludes halogenated alkanes) is 2. The zero-order valence-electron chi connectivity index (χ0n) is 9.76. The normalized spacial score (nSPS) is 12.0. The fourth-order valence-electron chi connectivity index (χ4n) is 1.10. The van der Waals surface area contributed by atoms with Crippen molar-refractivity contribution in [2.24, 2.45) is 0 Å². The summed E-state index contributed by atoms with van der Waals surface area (Å²) in [5.41, 5.74) is 0. The zero-order valence-corrected chi connectivity index (χ0v) is 11.2. The van der Waals surface area contributed by atoms with Gasteiger partial charge >= 0.3 is 0 Å². The van der Waals surface area contributed by atoms with Crippen molar-refractivity contribution >= 4 is 9.52 Å². The summed E-state index contributed by atoms with van der Waals surface area (Å²) in [6.07, 6.45) is 4.65. The molecule has 1 radical (unpaired) electrons. The standard InChI is InChI=1S/C11H25O2Si/c1-4-7-9-12-11(14-6-3)13-10-8-5-2/h11H,3-10,14H2,1-2H3. The van der Waals surface area contributed by atoms with E-state index in [9.17, 15) is 0 Å². The van der Waals surface area contributed by atoms with Crippen molar-refractivity contribution < 1.29 is 9.47 Å². The fraction of sp³-hybridized carbons (Fsp3) is 0.909. The van der Waals surface area contributed by atoms with Crippen LogP contribution in [0.1, 0.15) is 39.5 Å². The molecule has 0 saturated heterocycles. The Hall–Kier alpha value is 0.137. The smallest absolute Gasteiger partial charge is 0.134 e. The molecular formula is C11H25O2Si. The Morgan fingerprint density at radius 3 is 1.93 bits per heavy atom. The van der Waals surface area contributed by atoms with E-state index in [-0.39, 0.29) is 15.4 Å². The van der Waals surface area contributed by atoms with Crippen LogP contribution in [-0.2, 0) is 9.47 Å². The molecule has 0 aromatic carbocycles. The van der Waals surface area contributed by atoms with Crippen molar-refractivity contribution in [2.45, 2.75) is 51.5 Å². The van der Waals surface area contributed by atoms with E-state index in [0.29, 0.717) is 0 Å². The molecule has 0 atom stereocenters. The van der Waals surface area contributed by atoms with E-state index in [1.54, 1.807) is 0 Å². The van der Waals surface area contributed by atoms with Gasteiger partial charge in [-0.15, -0.1) is 0 Å². The van der Waals surface area contributed by atoms with E-state index in [1.807, 2.05) is 0 Å². The molecule has 0 amide bonds. The van der Waals surface area contributed by atoms with Crippen LogP contribution in [0, 0.1) is 6.92 Å². The molecule has 0 unspecified atom stereocenters. The van der Waals surface area contributed by atoms with Gasteiger partial charge in [0.25, 0.3) is 0 Å². The van der Waals surface area contributed by atoms with Crippen molar-refractivity contribution in [1.82, 2.24) is 0 Å². The average molecular weight is 217 g/mol. The fourth-order valence-corrected chi connectivity index (χ4v) is 2.10. The predicted octanol–water partition coefficient (Wildman–Crippen LogP) is 2.32. The van der Waals surface area contributed by atoms with Gasteiger partial charge in [0.1, 0.15) is 5.91 Å². The summed E-state index contributed by atoms with van der Waals surface area (Å²) in [5, 5.41) is 0. The molecule has 14 heavy (non-hydrogen) atoms. The Labute approximate surface area is 91.2 Å². The molecule has 0 spiro atoms. The molecule has 0 aliphatic rings. The highest BCUT2D eigenvalue weighted by Gasteiger charge is 2.07. The van der Waals surface area contributed by atoms with Gasteiger partial charge in [0.2, 0.25) is 0 Å². The largest absolute Gasteiger partial charge is 0.357 e. The first-order chi connectivity index (χ1) is 6.85. The second-order valence-corrected chi connectivity index (χ2v) is 5.47. The van der Waals surface area contributed by atoms with Crippen LogP contribution in [0.2, 0.25) is 6.04 Å². The van der Waals surface area contributed by atoms with Crippen LogP contribution in [0.15, 0.2) is 0 Å². The third-order valence-corrected chi connectivity index (χ3v) is 3.39. The van der Waals surface area contributed by atoms with Crippen LogP contribution in [0.4, 0.5) is 0 Å². The van der Waals surface area contributed by atoms with E-state index >= 15 is 0 Å². The molecule has 2 nitrogen and oxygen atoms in total. The minimum absolute atomic E-state index is 0.116. The Morgan fingerprint density at radius 2 is 1.57 bits per heavy atom. The third kappa shape index (κ3) is 8.72. The molecule has 0 fully saturated rings. The molecule has 0 rings (SSSR count). The molecule has 0 bridgehead atoms. The molecule has 3 heteroatoms. The molecule has 0 aliphatic carbocycles. The molecule has 0 heterocycles. The highest BCUT2D eigenvalue weighted by atomic mass is 28.2. The summed E-state index contributed by atoms with van der Waals surface area (Å²) in [5.74, 6) is 0.116. The Kier molecular flexibility index (Phi) is 11.3. The lowest BCUT2D eigenvalue weighted by Crippen LogP contribution is -2.25. The van der Waals surface area contributed by atoms with Crippen LogP contribution in [0.25, 0.3) is 0 Å². The van der Waals surface area contributed by atoms with Crippen LogP contribution in [-0.4, -0.2) is 28.6 Å². The Morgan fingerprint density at radius 1 is 1.07 bits per heavy atom. The van der Waals surface area contributed by atoms with Gasteiger partial charge in [-0.2, -0.15) is 0 Å². The zero-order chi connectivity index (χ0) is 10.6. The minimum Gasteiger partial charge on any atom is -0.357 e. The summed E-state index contributed by atoms with van der Waals surface area (Å²) < 4.78 is 11.3. The van der Waals surface area contributed by atoms with E-state index in [2.05, 4.69) is 20.8 Å². The molecule has 0 N–H and O–H groups in total. The molecule has 0 saturated carbocycles. The van der Waals surface area contributed by atoms with E-state index in [4.69, 9.17) is 9.47 Å². The average Bonchev–Trinajstić information content (AvgIpc) is 2.18. The lowest BCUT2D eigenvalue weighted by molar-refractivity contribution is -0.0919. The summed E-state index contributed by atoms with van der Waals surface area (Å²) in [4.78, 5) is 0. The molecule has 0 aliphatic heterocycles. The Balaban J connectivity index is 3.44. The summed E-state index contributed by atoms with van der Waals surface area (Å²) in [7, 11) is -0.276. The van der Waals surface area contributed by atoms with Crippen molar-refractivity contribution in [1.29, 1.82) is 0 Å². The van der Waals surface area contributed by atoms with Crippen molar-refractivity contribution in [3.8, 4) is 0 Å². The van der Waals surface area contributed by atoms with Crippen LogP contribution < -0.4 is 0 Å². The SMILES string of the molecule is [CH2]C[SiH2]C(OCCCC)OCCCC. The lowest BCUT2D eigenvalue weighted by atomic mass is 10.4. The number of hydrogen-bond acceptors (Lipinski definition) is 2. The second kappa shape index (κ2) is 11.2. The second-order valence-electron chi connectivity index (χ2n) is 3.52. The van der Waals surface area contributed by atoms with Gasteiger partial charge in [-0.1, -0.05) is 39.7 Å². The van der Waals surface area contributed by atoms with Gasteiger partial charge in [-0.05, 0) is 12.8 Å². The molecular weight excluding hydrogens is 192 g/mol. The maximum atomic E-state index is 5.67. The van der Waals surface area contributed by atoms with Crippen molar-refractivity contribution in [2.75, 3.05) is 13.2 Å². The van der Waals surface area contributed by atoms with Crippen LogP contribution in [0.3, 0.4) is 0 Å². The van der Waals surface area contributed by atoms with E-state index < -0.39 is 0 Å². The molecule has 0 aromatic heterocycles. The third-order valence-electron chi connectivity index (χ3n) is 2.04. The van der Waals surface area contributed by atoms with Crippen LogP contribution in [0.5, 0.6) is 0 Å². The molecule has 85 valence electrons. The summed E-state index contributed by atoms with van der Waals surface area (Å²) >= 11 is 0. The van der Waals surface area contributed by atoms with Crippen molar-refractivity contribution in [3.63, 3.8) is 0 Å². The summed E-state index contributed by atoms with van der Waals surface area (Å²) in [6.45, 7) is 9.93. The quantitative estimate of drug-likeness (QED) is 0.318. The van der Waals surface area contributed by atoms with Gasteiger partial charge < -0.3 is 9.47 Å². The molecule has 0 aromatic rings. The van der Waals surface area contributed by atoms with Crippen molar-refractivity contribution in [3.05, 3.63) is 6.92 Å². The highest BCUT2D eigenvalue weighted by molar-refractivity contribution is 6.36. The number of hydrogen-bond donors (Lipinski definition) is 0. The number of rotatable bonds is 10. The minimum atomic E-state index is -0.276. The summed E-state index contributed by atoms with van der Waals surface area (Å²) in [6, 6.07) is 1.02. The first-order valence-electron chi connectivity index (χ1n) is 5.87. The van der Waals surface area contributed by atoms with Gasteiger partial charge in [-0.25, -0.2) is 0 Å². The van der Waals surface area contributed by atoms with E-state index in [1.165, 1.54) is 12.8 Å². The van der Waals surface area contributed by atoms with Gasteiger partial charge in [0.05, 0.1) is 9.52 Å². The highest BCUT2D eigenvalue weighted by Crippen LogP contribution is 2.00. The van der Waals surface area contributed by atoms with Gasteiger partial charge in [-0.3, -0.25) is 0 Å². The maximum Gasteiger partial charge on any atom is 0.134 e. The number of ether oxygens (including phenoxy) is 2. The first kappa shape index (κ1) is 14.1. The van der Waals surface area contributed by atoms with Gasteiger partial charge in [0, 0.05) is 13.2 Å². The van der Waals surface area contributed by atoms with E-state index in [0.717, 1.165) is 32.1 Å². The van der Waals surface area contributed by atoms with Gasteiger partial charge in [0.15, 0.2) is 0 Å². The monoisotopic (exact) mass is 217 g/mol. The van der Waals surface area contributed by atoms with Crippen LogP contribution >= 0.6 is 0 Å². The maximum absolute atomic E-state index is 5.67. The predicted molar refractivity (Wildman–Crippen MR) is 64.2 cm³/mol. The Bertz CT molecular complexity index is 99.5. The topological polar surface area (TPSA) is 18.5 Å². The first-order valence-corrected chi connectivity index (χ1v) is 7.69. The lowest BCUT2D eigenvalue weighted by Gasteiger charge is -2.17.